The minimum atomic E-state index is -0.105. The first-order valence-electron chi connectivity index (χ1n) is 17.0. The predicted octanol–water partition coefficient (Wildman–Crippen LogP) is 13.8. The van der Waals surface area contributed by atoms with E-state index in [1.54, 1.807) is 0 Å². The van der Waals surface area contributed by atoms with Gasteiger partial charge in [0.1, 0.15) is 0 Å². The minimum Gasteiger partial charge on any atom is -0.310 e. The van der Waals surface area contributed by atoms with Gasteiger partial charge in [-0.3, -0.25) is 0 Å². The Balaban J connectivity index is 1.28. The van der Waals surface area contributed by atoms with Crippen LogP contribution < -0.4 is 4.90 Å². The second-order valence-corrected chi connectivity index (χ2v) is 14.8. The Labute approximate surface area is 290 Å². The summed E-state index contributed by atoms with van der Waals surface area (Å²) in [7, 11) is 0. The molecule has 0 bridgehead atoms. The van der Waals surface area contributed by atoms with Gasteiger partial charge in [-0.25, -0.2) is 0 Å². The van der Waals surface area contributed by atoms with Crippen molar-refractivity contribution >= 4 is 70.1 Å². The van der Waals surface area contributed by atoms with E-state index < -0.39 is 0 Å². The third-order valence-electron chi connectivity index (χ3n) is 10.6. The highest BCUT2D eigenvalue weighted by molar-refractivity contribution is 7.25. The van der Waals surface area contributed by atoms with Crippen molar-refractivity contribution in [2.75, 3.05) is 4.90 Å². The van der Waals surface area contributed by atoms with Gasteiger partial charge in [-0.15, -0.1) is 11.3 Å². The summed E-state index contributed by atoms with van der Waals surface area (Å²) in [6, 6.07) is 60.8. The van der Waals surface area contributed by atoms with Crippen LogP contribution in [0.2, 0.25) is 0 Å². The van der Waals surface area contributed by atoms with Crippen LogP contribution in [0.5, 0.6) is 0 Å². The maximum absolute atomic E-state index is 2.50. The van der Waals surface area contributed by atoms with Crippen molar-refractivity contribution in [3.05, 3.63) is 175 Å². The number of fused-ring (bicyclic) bond motifs is 8. The fourth-order valence-corrected chi connectivity index (χ4v) is 9.29. The molecule has 232 valence electrons. The highest BCUT2D eigenvalue weighted by Crippen LogP contribution is 2.52. The fourth-order valence-electron chi connectivity index (χ4n) is 8.21. The number of rotatable bonds is 4. The second kappa shape index (κ2) is 10.7. The number of nitrogens with zero attached hydrogens (tertiary/aromatic N) is 1. The molecule has 0 saturated carbocycles. The van der Waals surface area contributed by atoms with Gasteiger partial charge < -0.3 is 4.90 Å². The van der Waals surface area contributed by atoms with E-state index in [4.69, 9.17) is 0 Å². The van der Waals surface area contributed by atoms with E-state index >= 15 is 0 Å². The Hall–Kier alpha value is -5.70. The molecule has 8 aromatic carbocycles. The Morgan fingerprint density at radius 1 is 0.449 bits per heavy atom. The number of hydrogen-bond donors (Lipinski definition) is 0. The molecular weight excluding hydrogens is 611 g/mol. The summed E-state index contributed by atoms with van der Waals surface area (Å²) < 4.78 is 2.63. The molecule has 2 heteroatoms. The lowest BCUT2D eigenvalue weighted by Crippen LogP contribution is -2.17. The summed E-state index contributed by atoms with van der Waals surface area (Å²) >= 11 is 1.87. The summed E-state index contributed by atoms with van der Waals surface area (Å²) in [6.45, 7) is 4.73. The standard InChI is InChI=1S/C47H33NS/c1-47(2)41-17-9-7-15-37(41)38-24-22-35(29-42(38)47)48(34-23-26-45-40(28-34)39-16-8-10-18-44(39)49-45)43-25-21-31-12-5-6-14-36(31)46(43)33-20-19-30-11-3-4-13-32(30)27-33/h3-29H,1-2H3. The molecule has 0 amide bonds. The molecule has 1 aliphatic carbocycles. The van der Waals surface area contributed by atoms with Crippen LogP contribution in [0.25, 0.3) is 64.0 Å². The zero-order valence-electron chi connectivity index (χ0n) is 27.4. The fraction of sp³-hybridized carbons (Fsp3) is 0.0638. The monoisotopic (exact) mass is 643 g/mol. The van der Waals surface area contributed by atoms with Crippen LogP contribution in [0.1, 0.15) is 25.0 Å². The van der Waals surface area contributed by atoms with Crippen LogP contribution in [0.15, 0.2) is 164 Å². The minimum absolute atomic E-state index is 0.105. The maximum Gasteiger partial charge on any atom is 0.0546 e. The summed E-state index contributed by atoms with van der Waals surface area (Å²) in [5, 5.41) is 7.58. The van der Waals surface area contributed by atoms with Crippen LogP contribution in [0.3, 0.4) is 0 Å². The van der Waals surface area contributed by atoms with Crippen molar-refractivity contribution in [1.82, 2.24) is 0 Å². The van der Waals surface area contributed by atoms with Crippen molar-refractivity contribution < 1.29 is 0 Å². The molecule has 0 fully saturated rings. The highest BCUT2D eigenvalue weighted by Gasteiger charge is 2.36. The lowest BCUT2D eigenvalue weighted by Gasteiger charge is -2.30. The smallest absolute Gasteiger partial charge is 0.0546 e. The van der Waals surface area contributed by atoms with Crippen molar-refractivity contribution in [3.8, 4) is 22.3 Å². The van der Waals surface area contributed by atoms with Gasteiger partial charge in [0.2, 0.25) is 0 Å². The van der Waals surface area contributed by atoms with E-state index in [1.165, 1.54) is 80.8 Å². The lowest BCUT2D eigenvalue weighted by atomic mass is 9.82. The Morgan fingerprint density at radius 3 is 2.00 bits per heavy atom. The van der Waals surface area contributed by atoms with Crippen molar-refractivity contribution in [2.24, 2.45) is 0 Å². The number of benzene rings is 8. The van der Waals surface area contributed by atoms with Crippen LogP contribution in [-0.4, -0.2) is 0 Å². The third kappa shape index (κ3) is 4.31. The zero-order chi connectivity index (χ0) is 32.7. The lowest BCUT2D eigenvalue weighted by molar-refractivity contribution is 0.660. The van der Waals surface area contributed by atoms with E-state index in [9.17, 15) is 0 Å². The quantitative estimate of drug-likeness (QED) is 0.184. The first-order chi connectivity index (χ1) is 24.0. The molecule has 0 spiro atoms. The molecule has 9 aromatic rings. The van der Waals surface area contributed by atoms with Gasteiger partial charge in [-0.05, 0) is 97.9 Å². The van der Waals surface area contributed by atoms with E-state index in [0.717, 1.165) is 11.4 Å². The van der Waals surface area contributed by atoms with Gasteiger partial charge in [0.15, 0.2) is 0 Å². The zero-order valence-corrected chi connectivity index (χ0v) is 28.3. The van der Waals surface area contributed by atoms with Crippen LogP contribution in [0, 0.1) is 0 Å². The Kier molecular flexibility index (Phi) is 6.16. The summed E-state index contributed by atoms with van der Waals surface area (Å²) in [6.07, 6.45) is 0. The van der Waals surface area contributed by atoms with Crippen LogP contribution in [0.4, 0.5) is 17.1 Å². The van der Waals surface area contributed by atoms with E-state index in [2.05, 4.69) is 183 Å². The molecule has 0 N–H and O–H groups in total. The molecule has 10 rings (SSSR count). The topological polar surface area (TPSA) is 3.24 Å². The normalized spacial score (nSPS) is 13.3. The number of thiophene rings is 1. The summed E-state index contributed by atoms with van der Waals surface area (Å²) in [5.74, 6) is 0. The molecule has 0 saturated heterocycles. The number of anilines is 3. The van der Waals surface area contributed by atoms with Gasteiger partial charge in [-0.1, -0.05) is 129 Å². The second-order valence-electron chi connectivity index (χ2n) is 13.8. The molecule has 1 heterocycles. The molecule has 0 unspecified atom stereocenters. The van der Waals surface area contributed by atoms with Gasteiger partial charge in [-0.2, -0.15) is 0 Å². The maximum atomic E-state index is 2.50. The van der Waals surface area contributed by atoms with Crippen LogP contribution in [-0.2, 0) is 5.41 Å². The first-order valence-corrected chi connectivity index (χ1v) is 17.8. The molecule has 1 aliphatic rings. The Bertz CT molecular complexity index is 2770. The Morgan fingerprint density at radius 2 is 1.10 bits per heavy atom. The highest BCUT2D eigenvalue weighted by atomic mass is 32.1. The van der Waals surface area contributed by atoms with E-state index in [-0.39, 0.29) is 5.41 Å². The molecule has 0 atom stereocenters. The van der Waals surface area contributed by atoms with E-state index in [0.29, 0.717) is 0 Å². The average molecular weight is 644 g/mol. The van der Waals surface area contributed by atoms with Gasteiger partial charge in [0.05, 0.1) is 5.69 Å². The van der Waals surface area contributed by atoms with Gasteiger partial charge in [0.25, 0.3) is 0 Å². The molecule has 1 aromatic heterocycles. The third-order valence-corrected chi connectivity index (χ3v) is 11.8. The van der Waals surface area contributed by atoms with Crippen molar-refractivity contribution in [1.29, 1.82) is 0 Å². The average Bonchev–Trinajstić information content (AvgIpc) is 3.63. The van der Waals surface area contributed by atoms with Crippen molar-refractivity contribution in [2.45, 2.75) is 19.3 Å². The van der Waals surface area contributed by atoms with Crippen molar-refractivity contribution in [3.63, 3.8) is 0 Å². The molecular formula is C47H33NS. The predicted molar refractivity (Wildman–Crippen MR) is 212 cm³/mol. The van der Waals surface area contributed by atoms with E-state index in [1.807, 2.05) is 11.3 Å². The number of hydrogen-bond acceptors (Lipinski definition) is 2. The largest absolute Gasteiger partial charge is 0.310 e. The summed E-state index contributed by atoms with van der Waals surface area (Å²) in [5.41, 5.74) is 11.3. The first kappa shape index (κ1) is 28.3. The summed E-state index contributed by atoms with van der Waals surface area (Å²) in [4.78, 5) is 2.50. The molecule has 0 radical (unpaired) electrons. The molecule has 49 heavy (non-hydrogen) atoms. The van der Waals surface area contributed by atoms with Gasteiger partial charge in [0, 0.05) is 42.5 Å². The van der Waals surface area contributed by atoms with Crippen LogP contribution >= 0.6 is 11.3 Å². The molecule has 0 aliphatic heterocycles. The SMILES string of the molecule is CC1(C)c2ccccc2-c2ccc(N(c3ccc4sc5ccccc5c4c3)c3ccc4ccccc4c3-c3ccc4ccccc4c3)cc21. The molecule has 1 nitrogen and oxygen atoms in total. The van der Waals surface area contributed by atoms with Gasteiger partial charge >= 0.3 is 0 Å².